The van der Waals surface area contributed by atoms with Crippen molar-refractivity contribution in [2.24, 2.45) is 5.41 Å². The molecule has 5 heteroatoms. The maximum absolute atomic E-state index is 10.3. The number of carboxylic acids is 1. The molecule has 0 heterocycles. The van der Waals surface area contributed by atoms with E-state index in [0.29, 0.717) is 0 Å². The van der Waals surface area contributed by atoms with Crippen LogP contribution in [0.5, 0.6) is 0 Å². The largest absolute Gasteiger partial charge is 1.00 e. The summed E-state index contributed by atoms with van der Waals surface area (Å²) in [6.45, 7) is 5.63. The van der Waals surface area contributed by atoms with E-state index in [-0.39, 0.29) is 80.8 Å². The van der Waals surface area contributed by atoms with Crippen LogP contribution in [0, 0.1) is 5.41 Å². The van der Waals surface area contributed by atoms with E-state index in [0.717, 1.165) is 0 Å². The Bertz CT molecular complexity index is 124. The van der Waals surface area contributed by atoms with Gasteiger partial charge < -0.3 is 29.1 Å². The molecule has 11 heavy (non-hydrogen) atoms. The third kappa shape index (κ3) is 8.64. The van der Waals surface area contributed by atoms with Gasteiger partial charge >= 0.3 is 57.4 Å². The molecule has 0 spiro atoms. The fourth-order valence-corrected chi connectivity index (χ4v) is 0.370. The van der Waals surface area contributed by atoms with Gasteiger partial charge in [-0.3, -0.25) is 4.79 Å². The molecular formula is C6H11BrIKO2. The van der Waals surface area contributed by atoms with E-state index in [4.69, 9.17) is 5.11 Å². The molecule has 0 aliphatic carbocycles. The Labute approximate surface area is 135 Å². The average Bonchev–Trinajstić information content (AvgIpc) is 1.62. The summed E-state index contributed by atoms with van der Waals surface area (Å²) < 4.78 is 0. The first kappa shape index (κ1) is 19.0. The van der Waals surface area contributed by atoms with Crippen LogP contribution in [-0.2, 0) is 4.79 Å². The van der Waals surface area contributed by atoms with E-state index >= 15 is 0 Å². The molecule has 0 aromatic rings. The minimum Gasteiger partial charge on any atom is -1.00 e. The molecule has 0 rings (SSSR count). The van der Waals surface area contributed by atoms with Gasteiger partial charge in [0.2, 0.25) is 0 Å². The summed E-state index contributed by atoms with van der Waals surface area (Å²) in [5.41, 5.74) is -0.203. The number of rotatable bonds is 1. The fraction of sp³-hybridized carbons (Fsp3) is 0.833. The van der Waals surface area contributed by atoms with E-state index < -0.39 is 10.8 Å². The van der Waals surface area contributed by atoms with Crippen molar-refractivity contribution in [3.63, 3.8) is 0 Å². The zero-order valence-corrected chi connectivity index (χ0v) is 14.1. The Morgan fingerprint density at radius 1 is 1.45 bits per heavy atom. The second kappa shape index (κ2) is 7.70. The molecule has 0 aliphatic rings. The summed E-state index contributed by atoms with van der Waals surface area (Å²) in [5.74, 6) is -0.803. The smallest absolute Gasteiger partial charge is 1.00 e. The van der Waals surface area contributed by atoms with E-state index in [1.807, 2.05) is 20.8 Å². The first-order valence-electron chi connectivity index (χ1n) is 2.72. The van der Waals surface area contributed by atoms with Crippen LogP contribution >= 0.6 is 15.9 Å². The molecule has 1 unspecified atom stereocenters. The van der Waals surface area contributed by atoms with Gasteiger partial charge in [-0.05, 0) is 5.41 Å². The van der Waals surface area contributed by atoms with Crippen molar-refractivity contribution in [1.82, 2.24) is 0 Å². The Morgan fingerprint density at radius 2 is 1.73 bits per heavy atom. The molecule has 0 bridgehead atoms. The van der Waals surface area contributed by atoms with Crippen LogP contribution in [0.25, 0.3) is 0 Å². The van der Waals surface area contributed by atoms with Gasteiger partial charge in [-0.1, -0.05) is 36.7 Å². The molecule has 0 radical (unpaired) electrons. The molecule has 0 aromatic heterocycles. The van der Waals surface area contributed by atoms with Crippen LogP contribution < -0.4 is 75.4 Å². The third-order valence-corrected chi connectivity index (χ3v) is 2.74. The van der Waals surface area contributed by atoms with Gasteiger partial charge in [-0.25, -0.2) is 0 Å². The Hall–Kier alpha value is 2.32. The fourth-order valence-electron chi connectivity index (χ4n) is 0.370. The van der Waals surface area contributed by atoms with E-state index in [9.17, 15) is 4.79 Å². The standard InChI is InChI=1S/C6H11BrO2.HI.K/c1-6(2,3)4(7)5(8)9;;/h4H,1-3H3,(H,8,9);1H;/q;;+1/p-1. The summed E-state index contributed by atoms with van der Waals surface area (Å²) in [7, 11) is 0. The van der Waals surface area contributed by atoms with E-state index in [2.05, 4.69) is 15.9 Å². The minimum absolute atomic E-state index is 0. The molecule has 2 nitrogen and oxygen atoms in total. The second-order valence-electron chi connectivity index (χ2n) is 3.07. The van der Waals surface area contributed by atoms with Crippen molar-refractivity contribution in [1.29, 1.82) is 0 Å². The zero-order chi connectivity index (χ0) is 7.65. The van der Waals surface area contributed by atoms with Crippen molar-refractivity contribution >= 4 is 21.9 Å². The molecule has 1 N–H and O–H groups in total. The van der Waals surface area contributed by atoms with Crippen LogP contribution in [0.1, 0.15) is 20.8 Å². The van der Waals surface area contributed by atoms with Crippen molar-refractivity contribution in [3.05, 3.63) is 0 Å². The van der Waals surface area contributed by atoms with Crippen LogP contribution in [0.3, 0.4) is 0 Å². The predicted octanol–water partition coefficient (Wildman–Crippen LogP) is -4.11. The number of alkyl halides is 1. The number of carbonyl (C=O) groups is 1. The SMILES string of the molecule is CC(C)(C)C(Br)C(=O)O.[I-].[K+]. The zero-order valence-electron chi connectivity index (χ0n) is 7.19. The molecule has 0 fully saturated rings. The van der Waals surface area contributed by atoms with Crippen molar-refractivity contribution in [2.45, 2.75) is 25.6 Å². The van der Waals surface area contributed by atoms with Crippen LogP contribution in [0.2, 0.25) is 0 Å². The summed E-state index contributed by atoms with van der Waals surface area (Å²) in [4.78, 5) is 9.85. The Balaban J connectivity index is -0.000000320. The molecule has 0 saturated carbocycles. The predicted molar refractivity (Wildman–Crippen MR) is 39.8 cm³/mol. The Morgan fingerprint density at radius 3 is 1.73 bits per heavy atom. The van der Waals surface area contributed by atoms with Gasteiger partial charge in [0, 0.05) is 0 Å². The van der Waals surface area contributed by atoms with E-state index in [1.54, 1.807) is 0 Å². The minimum atomic E-state index is -0.803. The van der Waals surface area contributed by atoms with Gasteiger partial charge in [0.05, 0.1) is 0 Å². The van der Waals surface area contributed by atoms with Crippen molar-refractivity contribution < 1.29 is 85.3 Å². The maximum atomic E-state index is 10.3. The molecule has 0 amide bonds. The van der Waals surface area contributed by atoms with Crippen LogP contribution in [-0.4, -0.2) is 15.9 Å². The van der Waals surface area contributed by atoms with Gasteiger partial charge in [0.25, 0.3) is 0 Å². The van der Waals surface area contributed by atoms with Crippen LogP contribution in [0.4, 0.5) is 0 Å². The topological polar surface area (TPSA) is 37.3 Å². The normalized spacial score (nSPS) is 12.4. The molecule has 1 atom stereocenters. The summed E-state index contributed by atoms with van der Waals surface area (Å²) in [6.07, 6.45) is 0. The number of aliphatic carboxylic acids is 1. The van der Waals surface area contributed by atoms with Gasteiger partial charge in [0.15, 0.2) is 0 Å². The van der Waals surface area contributed by atoms with Gasteiger partial charge in [0.1, 0.15) is 4.83 Å². The van der Waals surface area contributed by atoms with Gasteiger partial charge in [-0.2, -0.15) is 0 Å². The first-order valence-corrected chi connectivity index (χ1v) is 3.64. The molecule has 62 valence electrons. The monoisotopic (exact) mass is 360 g/mol. The maximum Gasteiger partial charge on any atom is 1.00 e. The number of halogens is 2. The number of carboxylic acid groups (broad SMARTS) is 1. The van der Waals surface area contributed by atoms with E-state index in [1.165, 1.54) is 0 Å². The van der Waals surface area contributed by atoms with Crippen molar-refractivity contribution in [3.8, 4) is 0 Å². The van der Waals surface area contributed by atoms with Crippen molar-refractivity contribution in [2.75, 3.05) is 0 Å². The quantitative estimate of drug-likeness (QED) is 0.293. The Kier molecular flexibility index (Phi) is 13.3. The second-order valence-corrected chi connectivity index (χ2v) is 3.98. The van der Waals surface area contributed by atoms with Gasteiger partial charge in [-0.15, -0.1) is 0 Å². The average molecular weight is 361 g/mol. The number of hydrogen-bond acceptors (Lipinski definition) is 1. The summed E-state index contributed by atoms with van der Waals surface area (Å²) in [5, 5.41) is 8.47. The molecule has 0 aliphatic heterocycles. The third-order valence-electron chi connectivity index (χ3n) is 0.977. The van der Waals surface area contributed by atoms with Crippen LogP contribution in [0.15, 0.2) is 0 Å². The summed E-state index contributed by atoms with van der Waals surface area (Å²) >= 11 is 3.06. The number of hydrogen-bond donors (Lipinski definition) is 1. The summed E-state index contributed by atoms with van der Waals surface area (Å²) in [6, 6.07) is 0. The molecule has 0 saturated heterocycles. The first-order chi connectivity index (χ1) is 3.85. The molecule has 0 aromatic carbocycles. The molecular weight excluding hydrogens is 350 g/mol.